The molecule has 22 heavy (non-hydrogen) atoms. The molecule has 0 aromatic heterocycles. The molecule has 7 heteroatoms. The zero-order chi connectivity index (χ0) is 16.0. The molecule has 1 saturated heterocycles. The molecule has 2 rings (SSSR count). The van der Waals surface area contributed by atoms with Crippen LogP contribution in [0.25, 0.3) is 0 Å². The van der Waals surface area contributed by atoms with Crippen LogP contribution in [0.2, 0.25) is 0 Å². The van der Waals surface area contributed by atoms with Crippen LogP contribution < -0.4 is 15.4 Å². The highest BCUT2D eigenvalue weighted by Crippen LogP contribution is 2.17. The first-order valence-corrected chi connectivity index (χ1v) is 9.25. The largest absolute Gasteiger partial charge is 0.326 e. The number of carbonyl (C=O) groups excluding carboxylic acids is 1. The van der Waals surface area contributed by atoms with Crippen molar-refractivity contribution >= 4 is 27.3 Å². The monoisotopic (exact) mass is 325 g/mol. The van der Waals surface area contributed by atoms with Crippen LogP contribution in [0.15, 0.2) is 24.3 Å². The smallest absolute Gasteiger partial charge is 0.232 e. The van der Waals surface area contributed by atoms with Crippen LogP contribution in [0.1, 0.15) is 26.2 Å². The highest BCUT2D eigenvalue weighted by Gasteiger charge is 2.15. The minimum absolute atomic E-state index is 0.00575. The van der Waals surface area contributed by atoms with Crippen molar-refractivity contribution < 1.29 is 13.2 Å². The summed E-state index contributed by atoms with van der Waals surface area (Å²) in [5, 5.41) is 6.12. The van der Waals surface area contributed by atoms with E-state index in [0.717, 1.165) is 25.9 Å². The zero-order valence-electron chi connectivity index (χ0n) is 12.8. The van der Waals surface area contributed by atoms with Gasteiger partial charge in [0.05, 0.1) is 5.75 Å². The molecule has 6 nitrogen and oxygen atoms in total. The van der Waals surface area contributed by atoms with Crippen molar-refractivity contribution in [2.75, 3.05) is 28.9 Å². The van der Waals surface area contributed by atoms with Crippen molar-refractivity contribution in [2.45, 2.75) is 26.2 Å². The van der Waals surface area contributed by atoms with Gasteiger partial charge in [0.25, 0.3) is 0 Å². The predicted octanol–water partition coefficient (Wildman–Crippen LogP) is 1.78. The van der Waals surface area contributed by atoms with Gasteiger partial charge in [-0.3, -0.25) is 9.52 Å². The molecule has 0 radical (unpaired) electrons. The number of sulfonamides is 1. The van der Waals surface area contributed by atoms with Crippen molar-refractivity contribution in [1.82, 2.24) is 5.32 Å². The summed E-state index contributed by atoms with van der Waals surface area (Å²) in [4.78, 5) is 11.9. The lowest BCUT2D eigenvalue weighted by Crippen LogP contribution is -2.16. The quantitative estimate of drug-likeness (QED) is 0.713. The summed E-state index contributed by atoms with van der Waals surface area (Å²) in [6, 6.07) is 6.68. The van der Waals surface area contributed by atoms with E-state index in [2.05, 4.69) is 15.4 Å². The maximum absolute atomic E-state index is 11.9. The number of rotatable bonds is 7. The van der Waals surface area contributed by atoms with Gasteiger partial charge in [0.15, 0.2) is 0 Å². The Labute approximate surface area is 131 Å². The third-order valence-electron chi connectivity index (χ3n) is 3.76. The average molecular weight is 325 g/mol. The molecule has 0 saturated carbocycles. The molecule has 1 aromatic carbocycles. The van der Waals surface area contributed by atoms with Gasteiger partial charge in [-0.05, 0) is 63.0 Å². The van der Waals surface area contributed by atoms with Crippen molar-refractivity contribution in [2.24, 2.45) is 5.92 Å². The summed E-state index contributed by atoms with van der Waals surface area (Å²) in [7, 11) is -3.27. The fourth-order valence-corrected chi connectivity index (χ4v) is 3.03. The third-order valence-corrected chi connectivity index (χ3v) is 5.07. The standard InChI is InChI=1S/C15H23N3O3S/c1-2-22(20,21)18-14-6-4-13(5-7-14)17-15(19)8-3-12-9-10-16-11-12/h4-7,12,16,18H,2-3,8-11H2,1H3,(H,17,19). The molecule has 1 fully saturated rings. The molecule has 1 aliphatic rings. The number of hydrogen-bond donors (Lipinski definition) is 3. The van der Waals surface area contributed by atoms with E-state index in [4.69, 9.17) is 0 Å². The number of nitrogens with one attached hydrogen (secondary N) is 3. The number of amides is 1. The highest BCUT2D eigenvalue weighted by molar-refractivity contribution is 7.92. The Morgan fingerprint density at radius 1 is 1.27 bits per heavy atom. The average Bonchev–Trinajstić information content (AvgIpc) is 3.00. The molecule has 1 heterocycles. The maximum atomic E-state index is 11.9. The second-order valence-corrected chi connectivity index (χ2v) is 7.54. The van der Waals surface area contributed by atoms with Crippen molar-refractivity contribution in [3.63, 3.8) is 0 Å². The SMILES string of the molecule is CCS(=O)(=O)Nc1ccc(NC(=O)CCC2CCNC2)cc1. The molecule has 1 atom stereocenters. The van der Waals surface area contributed by atoms with E-state index in [1.165, 1.54) is 0 Å². The van der Waals surface area contributed by atoms with Crippen molar-refractivity contribution in [3.05, 3.63) is 24.3 Å². The lowest BCUT2D eigenvalue weighted by Gasteiger charge is -2.10. The fourth-order valence-electron chi connectivity index (χ4n) is 2.39. The molecule has 3 N–H and O–H groups in total. The molecule has 122 valence electrons. The highest BCUT2D eigenvalue weighted by atomic mass is 32.2. The molecule has 0 bridgehead atoms. The van der Waals surface area contributed by atoms with Crippen LogP contribution in [-0.4, -0.2) is 33.2 Å². The van der Waals surface area contributed by atoms with Crippen molar-refractivity contribution in [3.8, 4) is 0 Å². The second kappa shape index (κ2) is 7.60. The van der Waals surface area contributed by atoms with Crippen LogP contribution in [0.4, 0.5) is 11.4 Å². The predicted molar refractivity (Wildman–Crippen MR) is 88.4 cm³/mol. The van der Waals surface area contributed by atoms with E-state index < -0.39 is 10.0 Å². The van der Waals surface area contributed by atoms with Gasteiger partial charge in [-0.15, -0.1) is 0 Å². The summed E-state index contributed by atoms with van der Waals surface area (Å²) < 4.78 is 25.4. The van der Waals surface area contributed by atoms with Gasteiger partial charge in [-0.2, -0.15) is 0 Å². The Morgan fingerprint density at radius 3 is 2.55 bits per heavy atom. The first-order valence-electron chi connectivity index (χ1n) is 7.59. The summed E-state index contributed by atoms with van der Waals surface area (Å²) in [6.07, 6.45) is 2.54. The van der Waals surface area contributed by atoms with Gasteiger partial charge >= 0.3 is 0 Å². The molecule has 1 aromatic rings. The third kappa shape index (κ3) is 5.31. The number of hydrogen-bond acceptors (Lipinski definition) is 4. The van der Waals surface area contributed by atoms with E-state index in [1.54, 1.807) is 31.2 Å². The molecule has 1 amide bonds. The van der Waals surface area contributed by atoms with Crippen LogP contribution >= 0.6 is 0 Å². The fraction of sp³-hybridized carbons (Fsp3) is 0.533. The van der Waals surface area contributed by atoms with Gasteiger partial charge in [0, 0.05) is 17.8 Å². The number of anilines is 2. The first-order chi connectivity index (χ1) is 10.5. The van der Waals surface area contributed by atoms with Crippen LogP contribution in [0.3, 0.4) is 0 Å². The molecule has 0 spiro atoms. The Hall–Kier alpha value is -1.60. The summed E-state index contributed by atoms with van der Waals surface area (Å²) in [6.45, 7) is 3.62. The Balaban J connectivity index is 1.81. The minimum atomic E-state index is -3.27. The van der Waals surface area contributed by atoms with E-state index in [1.807, 2.05) is 0 Å². The normalized spacial score (nSPS) is 18.1. The van der Waals surface area contributed by atoms with Gasteiger partial charge in [-0.1, -0.05) is 0 Å². The van der Waals surface area contributed by atoms with Crippen molar-refractivity contribution in [1.29, 1.82) is 0 Å². The lowest BCUT2D eigenvalue weighted by molar-refractivity contribution is -0.116. The van der Waals surface area contributed by atoms with E-state index in [-0.39, 0.29) is 11.7 Å². The Kier molecular flexibility index (Phi) is 5.79. The summed E-state index contributed by atoms with van der Waals surface area (Å²) >= 11 is 0. The summed E-state index contributed by atoms with van der Waals surface area (Å²) in [5.41, 5.74) is 1.17. The van der Waals surface area contributed by atoms with Crippen LogP contribution in [-0.2, 0) is 14.8 Å². The molecule has 1 aliphatic heterocycles. The van der Waals surface area contributed by atoms with E-state index in [9.17, 15) is 13.2 Å². The zero-order valence-corrected chi connectivity index (χ0v) is 13.6. The Bertz CT molecular complexity index is 593. The summed E-state index contributed by atoms with van der Waals surface area (Å²) in [5.74, 6) is 0.618. The molecular weight excluding hydrogens is 302 g/mol. The number of carbonyl (C=O) groups is 1. The van der Waals surface area contributed by atoms with E-state index in [0.29, 0.717) is 23.7 Å². The lowest BCUT2D eigenvalue weighted by atomic mass is 10.0. The van der Waals surface area contributed by atoms with Crippen LogP contribution in [0, 0.1) is 5.92 Å². The van der Waals surface area contributed by atoms with Gasteiger partial charge in [0.2, 0.25) is 15.9 Å². The van der Waals surface area contributed by atoms with Gasteiger partial charge in [0.1, 0.15) is 0 Å². The minimum Gasteiger partial charge on any atom is -0.326 e. The molecular formula is C15H23N3O3S. The van der Waals surface area contributed by atoms with Gasteiger partial charge < -0.3 is 10.6 Å². The topological polar surface area (TPSA) is 87.3 Å². The maximum Gasteiger partial charge on any atom is 0.232 e. The molecule has 0 aliphatic carbocycles. The van der Waals surface area contributed by atoms with E-state index >= 15 is 0 Å². The number of benzene rings is 1. The molecule has 1 unspecified atom stereocenters. The first kappa shape index (κ1) is 16.8. The second-order valence-electron chi connectivity index (χ2n) is 5.53. The van der Waals surface area contributed by atoms with Gasteiger partial charge in [-0.25, -0.2) is 8.42 Å². The Morgan fingerprint density at radius 2 is 1.95 bits per heavy atom. The van der Waals surface area contributed by atoms with Crippen LogP contribution in [0.5, 0.6) is 0 Å².